The van der Waals surface area contributed by atoms with Crippen LogP contribution in [0, 0.1) is 0 Å². The topological polar surface area (TPSA) is 86.6 Å². The van der Waals surface area contributed by atoms with Crippen LogP contribution >= 0.6 is 15.9 Å². The highest BCUT2D eigenvalue weighted by atomic mass is 79.9. The van der Waals surface area contributed by atoms with Crippen LogP contribution in [-0.4, -0.2) is 28.3 Å². The molecule has 0 bridgehead atoms. The zero-order valence-corrected chi connectivity index (χ0v) is 6.96. The fraction of sp³-hybridized carbons (Fsp3) is 0.200. The Balaban J connectivity index is 3.95. The first-order chi connectivity index (χ1) is 4.95. The first-order valence-corrected chi connectivity index (χ1v) is 3.30. The molecule has 5 nitrogen and oxygen atoms in total. The molecular formula is C5H6BrNO4. The van der Waals surface area contributed by atoms with Crippen molar-refractivity contribution in [3.8, 4) is 0 Å². The SMILES string of the molecule is C=C(Br)C(=O)NC(O)C(=O)O. The molecule has 0 aliphatic rings. The maximum Gasteiger partial charge on any atom is 0.353 e. The fourth-order valence-electron chi connectivity index (χ4n) is 0.264. The number of hydrogen-bond acceptors (Lipinski definition) is 3. The van der Waals surface area contributed by atoms with Gasteiger partial charge in [-0.2, -0.15) is 0 Å². The molecular weight excluding hydrogens is 218 g/mol. The molecule has 11 heavy (non-hydrogen) atoms. The van der Waals surface area contributed by atoms with E-state index in [1.54, 1.807) is 5.32 Å². The molecule has 0 aromatic carbocycles. The highest BCUT2D eigenvalue weighted by molar-refractivity contribution is 9.12. The number of aliphatic hydroxyl groups is 1. The molecule has 3 N–H and O–H groups in total. The minimum atomic E-state index is -1.89. The molecule has 0 saturated heterocycles. The number of halogens is 1. The third kappa shape index (κ3) is 3.74. The molecule has 0 spiro atoms. The summed E-state index contributed by atoms with van der Waals surface area (Å²) in [6.45, 7) is 3.17. The second-order valence-corrected chi connectivity index (χ2v) is 2.58. The summed E-state index contributed by atoms with van der Waals surface area (Å²) in [5.41, 5.74) is 0. The molecule has 0 saturated carbocycles. The maximum atomic E-state index is 10.6. The number of carboxylic acid groups (broad SMARTS) is 1. The van der Waals surface area contributed by atoms with Crippen LogP contribution in [0.2, 0.25) is 0 Å². The molecule has 1 unspecified atom stereocenters. The van der Waals surface area contributed by atoms with E-state index in [4.69, 9.17) is 10.2 Å². The number of hydrogen-bond donors (Lipinski definition) is 3. The molecule has 0 aliphatic carbocycles. The van der Waals surface area contributed by atoms with Gasteiger partial charge in [0.2, 0.25) is 6.23 Å². The second kappa shape index (κ2) is 4.09. The average molecular weight is 224 g/mol. The molecule has 0 rings (SSSR count). The Labute approximate surface area is 70.8 Å². The van der Waals surface area contributed by atoms with E-state index >= 15 is 0 Å². The number of nitrogens with one attached hydrogen (secondary N) is 1. The first kappa shape index (κ1) is 10.1. The standard InChI is InChI=1S/C5H6BrNO4/c1-2(6)3(8)7-4(9)5(10)11/h4,9H,1H2,(H,7,8)(H,10,11). The van der Waals surface area contributed by atoms with Gasteiger partial charge >= 0.3 is 5.97 Å². The number of carboxylic acids is 1. The van der Waals surface area contributed by atoms with Crippen molar-refractivity contribution in [3.63, 3.8) is 0 Å². The van der Waals surface area contributed by atoms with Gasteiger partial charge in [0.1, 0.15) is 0 Å². The fourth-order valence-corrected chi connectivity index (χ4v) is 0.379. The van der Waals surface area contributed by atoms with E-state index in [2.05, 4.69) is 22.5 Å². The summed E-state index contributed by atoms with van der Waals surface area (Å²) in [5, 5.41) is 18.4. The monoisotopic (exact) mass is 223 g/mol. The van der Waals surface area contributed by atoms with Crippen LogP contribution in [0.5, 0.6) is 0 Å². The smallest absolute Gasteiger partial charge is 0.353 e. The number of carbonyl (C=O) groups excluding carboxylic acids is 1. The van der Waals surface area contributed by atoms with Crippen molar-refractivity contribution >= 4 is 27.8 Å². The quantitative estimate of drug-likeness (QED) is 0.442. The molecule has 1 atom stereocenters. The predicted octanol–water partition coefficient (Wildman–Crippen LogP) is -0.586. The van der Waals surface area contributed by atoms with Crippen molar-refractivity contribution in [2.24, 2.45) is 0 Å². The van der Waals surface area contributed by atoms with Crippen molar-refractivity contribution in [2.45, 2.75) is 6.23 Å². The lowest BCUT2D eigenvalue weighted by molar-refractivity contribution is -0.150. The minimum Gasteiger partial charge on any atom is -0.478 e. The Morgan fingerprint density at radius 2 is 2.00 bits per heavy atom. The van der Waals surface area contributed by atoms with Crippen LogP contribution in [0.15, 0.2) is 11.1 Å². The Morgan fingerprint density at radius 1 is 1.55 bits per heavy atom. The van der Waals surface area contributed by atoms with Gasteiger partial charge in [0.25, 0.3) is 5.91 Å². The Hall–Kier alpha value is -0.880. The normalized spacial score (nSPS) is 11.8. The van der Waals surface area contributed by atoms with E-state index in [-0.39, 0.29) is 4.48 Å². The van der Waals surface area contributed by atoms with Gasteiger partial charge in [-0.3, -0.25) is 4.79 Å². The summed E-state index contributed by atoms with van der Waals surface area (Å²) in [6.07, 6.45) is -1.89. The van der Waals surface area contributed by atoms with Crippen molar-refractivity contribution < 1.29 is 19.8 Å². The summed E-state index contributed by atoms with van der Waals surface area (Å²) in [4.78, 5) is 20.5. The van der Waals surface area contributed by atoms with Gasteiger partial charge < -0.3 is 15.5 Å². The van der Waals surface area contributed by atoms with Crippen molar-refractivity contribution in [1.82, 2.24) is 5.32 Å². The minimum absolute atomic E-state index is 0.0437. The summed E-state index contributed by atoms with van der Waals surface area (Å²) in [5.74, 6) is -2.29. The van der Waals surface area contributed by atoms with Crippen molar-refractivity contribution in [2.75, 3.05) is 0 Å². The Kier molecular flexibility index (Phi) is 3.77. The van der Waals surface area contributed by atoms with Crippen LogP contribution in [0.4, 0.5) is 0 Å². The highest BCUT2D eigenvalue weighted by Gasteiger charge is 2.16. The van der Waals surface area contributed by atoms with Gasteiger partial charge in [-0.25, -0.2) is 4.79 Å². The zero-order chi connectivity index (χ0) is 9.02. The van der Waals surface area contributed by atoms with Crippen LogP contribution in [0.1, 0.15) is 0 Å². The van der Waals surface area contributed by atoms with Gasteiger partial charge in [-0.1, -0.05) is 6.58 Å². The maximum absolute atomic E-state index is 10.6. The number of amides is 1. The van der Waals surface area contributed by atoms with E-state index in [9.17, 15) is 9.59 Å². The number of carbonyl (C=O) groups is 2. The van der Waals surface area contributed by atoms with Gasteiger partial charge in [0.05, 0.1) is 4.48 Å². The summed E-state index contributed by atoms with van der Waals surface area (Å²) >= 11 is 2.71. The lowest BCUT2D eigenvalue weighted by Crippen LogP contribution is -2.40. The molecule has 1 amide bonds. The summed E-state index contributed by atoms with van der Waals surface area (Å²) < 4.78 is -0.0437. The van der Waals surface area contributed by atoms with Crippen LogP contribution < -0.4 is 5.32 Å². The van der Waals surface area contributed by atoms with Crippen molar-refractivity contribution in [3.05, 3.63) is 11.1 Å². The third-order valence-electron chi connectivity index (χ3n) is 0.748. The summed E-state index contributed by atoms with van der Waals surface area (Å²) in [7, 11) is 0. The van der Waals surface area contributed by atoms with E-state index in [0.717, 1.165) is 0 Å². The molecule has 62 valence electrons. The summed E-state index contributed by atoms with van der Waals surface area (Å²) in [6, 6.07) is 0. The molecule has 0 aromatic rings. The van der Waals surface area contributed by atoms with E-state index in [1.807, 2.05) is 0 Å². The van der Waals surface area contributed by atoms with Gasteiger partial charge in [-0.05, 0) is 15.9 Å². The van der Waals surface area contributed by atoms with E-state index < -0.39 is 18.1 Å². The molecule has 0 radical (unpaired) electrons. The van der Waals surface area contributed by atoms with Gasteiger partial charge in [0, 0.05) is 0 Å². The molecule has 0 aromatic heterocycles. The van der Waals surface area contributed by atoms with Crippen molar-refractivity contribution in [1.29, 1.82) is 0 Å². The van der Waals surface area contributed by atoms with Crippen LogP contribution in [0.25, 0.3) is 0 Å². The largest absolute Gasteiger partial charge is 0.478 e. The van der Waals surface area contributed by atoms with Gasteiger partial charge in [-0.15, -0.1) is 0 Å². The molecule has 0 fully saturated rings. The van der Waals surface area contributed by atoms with E-state index in [0.29, 0.717) is 0 Å². The zero-order valence-electron chi connectivity index (χ0n) is 5.37. The number of aliphatic carboxylic acids is 1. The third-order valence-corrected chi connectivity index (χ3v) is 1.11. The highest BCUT2D eigenvalue weighted by Crippen LogP contribution is 1.99. The number of aliphatic hydroxyl groups excluding tert-OH is 1. The Bertz CT molecular complexity index is 203. The van der Waals surface area contributed by atoms with Crippen LogP contribution in [-0.2, 0) is 9.59 Å². The lowest BCUT2D eigenvalue weighted by Gasteiger charge is -2.05. The van der Waals surface area contributed by atoms with E-state index in [1.165, 1.54) is 0 Å². The second-order valence-electron chi connectivity index (χ2n) is 1.62. The van der Waals surface area contributed by atoms with Crippen LogP contribution in [0.3, 0.4) is 0 Å². The lowest BCUT2D eigenvalue weighted by atomic mass is 10.5. The van der Waals surface area contributed by atoms with Gasteiger partial charge in [0.15, 0.2) is 0 Å². The predicted molar refractivity (Wildman–Crippen MR) is 39.9 cm³/mol. The average Bonchev–Trinajstić information content (AvgIpc) is 1.87. The Morgan fingerprint density at radius 3 is 2.27 bits per heavy atom. The molecule has 0 aliphatic heterocycles. The molecule has 0 heterocycles. The molecule has 6 heteroatoms. The first-order valence-electron chi connectivity index (χ1n) is 2.51. The number of rotatable bonds is 3.